The fourth-order valence-electron chi connectivity index (χ4n) is 1.76. The lowest BCUT2D eigenvalue weighted by molar-refractivity contribution is 1.02. The zero-order chi connectivity index (χ0) is 12.7. The zero-order valence-corrected chi connectivity index (χ0v) is 9.73. The van der Waals surface area contributed by atoms with Crippen LogP contribution in [-0.4, -0.2) is 19.5 Å². The molecule has 0 saturated heterocycles. The summed E-state index contributed by atoms with van der Waals surface area (Å²) >= 11 is 6.07. The van der Waals surface area contributed by atoms with Gasteiger partial charge in [0.15, 0.2) is 11.2 Å². The largest absolute Gasteiger partial charge is 0.327 e. The number of aromatic nitrogens is 4. The highest BCUT2D eigenvalue weighted by Crippen LogP contribution is 2.21. The van der Waals surface area contributed by atoms with Crippen molar-refractivity contribution in [1.29, 1.82) is 0 Å². The number of hydrogen-bond donors (Lipinski definition) is 2. The topological polar surface area (TPSA) is 83.5 Å². The number of hydrogen-bond acceptors (Lipinski definition) is 3. The van der Waals surface area contributed by atoms with E-state index >= 15 is 0 Å². The van der Waals surface area contributed by atoms with Gasteiger partial charge in [0.05, 0.1) is 10.7 Å². The quantitative estimate of drug-likeness (QED) is 0.688. The first kappa shape index (κ1) is 10.8. The van der Waals surface area contributed by atoms with Gasteiger partial charge in [-0.05, 0) is 12.1 Å². The highest BCUT2D eigenvalue weighted by Gasteiger charge is 2.10. The van der Waals surface area contributed by atoms with Gasteiger partial charge in [-0.15, -0.1) is 0 Å². The molecule has 3 rings (SSSR count). The van der Waals surface area contributed by atoms with Gasteiger partial charge in [0, 0.05) is 0 Å². The summed E-state index contributed by atoms with van der Waals surface area (Å²) in [7, 11) is 0. The van der Waals surface area contributed by atoms with Crippen molar-refractivity contribution in [2.24, 2.45) is 0 Å². The Morgan fingerprint density at radius 2 is 1.94 bits per heavy atom. The van der Waals surface area contributed by atoms with E-state index in [1.54, 1.807) is 28.8 Å². The molecule has 7 heteroatoms. The molecule has 1 aromatic carbocycles. The fourth-order valence-corrected chi connectivity index (χ4v) is 1.99. The van der Waals surface area contributed by atoms with Crippen LogP contribution >= 0.6 is 11.6 Å². The van der Waals surface area contributed by atoms with Crippen LogP contribution < -0.4 is 11.2 Å². The smallest absolute Gasteiger partial charge is 0.291 e. The van der Waals surface area contributed by atoms with Crippen molar-refractivity contribution >= 4 is 22.8 Å². The normalized spacial score (nSPS) is 10.9. The average molecular weight is 263 g/mol. The monoisotopic (exact) mass is 262 g/mol. The highest BCUT2D eigenvalue weighted by molar-refractivity contribution is 6.32. The van der Waals surface area contributed by atoms with Crippen LogP contribution in [0.5, 0.6) is 0 Å². The Balaban J connectivity index is 2.42. The molecule has 0 atom stereocenters. The van der Waals surface area contributed by atoms with E-state index in [1.807, 2.05) is 0 Å². The minimum Gasteiger partial charge on any atom is -0.291 e. The second kappa shape index (κ2) is 3.85. The molecule has 0 bridgehead atoms. The van der Waals surface area contributed by atoms with Crippen molar-refractivity contribution in [3.05, 3.63) is 56.5 Å². The van der Waals surface area contributed by atoms with E-state index in [0.29, 0.717) is 16.4 Å². The van der Waals surface area contributed by atoms with Crippen molar-refractivity contribution in [2.75, 3.05) is 0 Å². The summed E-state index contributed by atoms with van der Waals surface area (Å²) in [6, 6.07) is 7.08. The summed E-state index contributed by atoms with van der Waals surface area (Å²) < 4.78 is 1.56. The fraction of sp³-hybridized carbons (Fsp3) is 0. The number of nitrogens with zero attached hydrogens (tertiary/aromatic N) is 2. The van der Waals surface area contributed by atoms with Gasteiger partial charge in [-0.2, -0.15) is 0 Å². The maximum Gasteiger partial charge on any atom is 0.327 e. The van der Waals surface area contributed by atoms with Crippen molar-refractivity contribution in [3.63, 3.8) is 0 Å². The number of fused-ring (bicyclic) bond motifs is 1. The lowest BCUT2D eigenvalue weighted by atomic mass is 10.3. The number of H-pyrrole nitrogens is 2. The van der Waals surface area contributed by atoms with E-state index in [4.69, 9.17) is 11.6 Å². The summed E-state index contributed by atoms with van der Waals surface area (Å²) in [6.45, 7) is 0. The molecule has 0 fully saturated rings. The summed E-state index contributed by atoms with van der Waals surface area (Å²) in [5, 5.41) is 0.498. The van der Waals surface area contributed by atoms with E-state index in [2.05, 4.69) is 15.0 Å². The van der Waals surface area contributed by atoms with Crippen molar-refractivity contribution in [3.8, 4) is 5.69 Å². The van der Waals surface area contributed by atoms with E-state index in [9.17, 15) is 9.59 Å². The molecule has 0 amide bonds. The third-order valence-corrected chi connectivity index (χ3v) is 2.87. The molecule has 2 heterocycles. The SMILES string of the molecule is O=c1[nH]c(=O)c2ncn(-c3ccccc3Cl)c2[nH]1. The van der Waals surface area contributed by atoms with Crippen LogP contribution in [0.15, 0.2) is 40.2 Å². The predicted molar refractivity (Wildman–Crippen MR) is 67.3 cm³/mol. The van der Waals surface area contributed by atoms with Gasteiger partial charge >= 0.3 is 5.69 Å². The summed E-state index contributed by atoms with van der Waals surface area (Å²) in [6.07, 6.45) is 1.44. The minimum atomic E-state index is -0.582. The number of aromatic amines is 2. The molecule has 90 valence electrons. The number of rotatable bonds is 1. The van der Waals surface area contributed by atoms with Crippen molar-refractivity contribution in [1.82, 2.24) is 19.5 Å². The van der Waals surface area contributed by atoms with Crippen LogP contribution in [0.4, 0.5) is 0 Å². The lowest BCUT2D eigenvalue weighted by Gasteiger charge is -2.05. The highest BCUT2D eigenvalue weighted by atomic mass is 35.5. The third-order valence-electron chi connectivity index (χ3n) is 2.55. The van der Waals surface area contributed by atoms with E-state index in [1.165, 1.54) is 6.33 Å². The first-order chi connectivity index (χ1) is 8.66. The molecule has 0 spiro atoms. The molecular formula is C11H7ClN4O2. The maximum atomic E-state index is 11.5. The summed E-state index contributed by atoms with van der Waals surface area (Å²) in [5.41, 5.74) is 0.00939. The van der Waals surface area contributed by atoms with Gasteiger partial charge in [-0.1, -0.05) is 23.7 Å². The molecule has 0 aliphatic carbocycles. The Bertz CT molecular complexity index is 846. The van der Waals surface area contributed by atoms with Crippen molar-refractivity contribution in [2.45, 2.75) is 0 Å². The van der Waals surface area contributed by atoms with E-state index < -0.39 is 11.2 Å². The van der Waals surface area contributed by atoms with Gasteiger partial charge in [0.2, 0.25) is 0 Å². The number of imidazole rings is 1. The van der Waals surface area contributed by atoms with E-state index in [-0.39, 0.29) is 5.52 Å². The number of nitrogens with one attached hydrogen (secondary N) is 2. The minimum absolute atomic E-state index is 0.162. The number of benzene rings is 1. The van der Waals surface area contributed by atoms with Crippen molar-refractivity contribution < 1.29 is 0 Å². The van der Waals surface area contributed by atoms with Gasteiger partial charge < -0.3 is 0 Å². The van der Waals surface area contributed by atoms with Gasteiger partial charge in [-0.3, -0.25) is 19.3 Å². The molecule has 3 aromatic rings. The van der Waals surface area contributed by atoms with Crippen LogP contribution in [0.1, 0.15) is 0 Å². The Morgan fingerprint density at radius 3 is 2.72 bits per heavy atom. The molecule has 6 nitrogen and oxygen atoms in total. The standard InChI is InChI=1S/C11H7ClN4O2/c12-6-3-1-2-4-7(6)16-5-13-8-9(16)14-11(18)15-10(8)17/h1-5H,(H2,14,15,17,18). The van der Waals surface area contributed by atoms with Crippen LogP contribution in [0.2, 0.25) is 5.02 Å². The second-order valence-corrected chi connectivity index (χ2v) is 4.08. The lowest BCUT2D eigenvalue weighted by Crippen LogP contribution is -2.22. The first-order valence-corrected chi connectivity index (χ1v) is 5.49. The molecule has 2 aromatic heterocycles. The Morgan fingerprint density at radius 1 is 1.17 bits per heavy atom. The number of halogens is 1. The zero-order valence-electron chi connectivity index (χ0n) is 8.98. The molecular weight excluding hydrogens is 256 g/mol. The van der Waals surface area contributed by atoms with Crippen LogP contribution in [0.25, 0.3) is 16.9 Å². The molecule has 0 aliphatic heterocycles. The van der Waals surface area contributed by atoms with Crippen LogP contribution in [-0.2, 0) is 0 Å². The molecule has 18 heavy (non-hydrogen) atoms. The summed E-state index contributed by atoms with van der Waals surface area (Å²) in [5.74, 6) is 0. The summed E-state index contributed by atoms with van der Waals surface area (Å²) in [4.78, 5) is 31.5. The van der Waals surface area contributed by atoms with E-state index in [0.717, 1.165) is 0 Å². The van der Waals surface area contributed by atoms with Gasteiger partial charge in [0.25, 0.3) is 5.56 Å². The van der Waals surface area contributed by atoms with Gasteiger partial charge in [0.1, 0.15) is 6.33 Å². The van der Waals surface area contributed by atoms with Gasteiger partial charge in [-0.25, -0.2) is 9.78 Å². The Hall–Kier alpha value is -2.34. The molecule has 0 saturated carbocycles. The second-order valence-electron chi connectivity index (χ2n) is 3.67. The third kappa shape index (κ3) is 1.54. The molecule has 2 N–H and O–H groups in total. The first-order valence-electron chi connectivity index (χ1n) is 5.11. The predicted octanol–water partition coefficient (Wildman–Crippen LogP) is 1.06. The van der Waals surface area contributed by atoms with Crippen LogP contribution in [0.3, 0.4) is 0 Å². The maximum absolute atomic E-state index is 11.5. The molecule has 0 radical (unpaired) electrons. The van der Waals surface area contributed by atoms with Crippen LogP contribution in [0, 0.1) is 0 Å². The Kier molecular flexibility index (Phi) is 2.31. The number of para-hydroxylation sites is 1. The average Bonchev–Trinajstić information content (AvgIpc) is 2.73. The molecule has 0 aliphatic rings. The Labute approximate surface area is 105 Å². The molecule has 0 unspecified atom stereocenters.